The summed E-state index contributed by atoms with van der Waals surface area (Å²) >= 11 is 0. The highest BCUT2D eigenvalue weighted by molar-refractivity contribution is 4.82. The number of ether oxygens (including phenoxy) is 1. The molecule has 0 radical (unpaired) electrons. The van der Waals surface area contributed by atoms with Gasteiger partial charge >= 0.3 is 0 Å². The van der Waals surface area contributed by atoms with Gasteiger partial charge in [-0.2, -0.15) is 0 Å². The highest BCUT2D eigenvalue weighted by Crippen LogP contribution is 2.13. The summed E-state index contributed by atoms with van der Waals surface area (Å²) in [5.41, 5.74) is -0.153. The van der Waals surface area contributed by atoms with E-state index in [0.717, 1.165) is 39.1 Å². The van der Waals surface area contributed by atoms with Crippen LogP contribution in [0.1, 0.15) is 26.7 Å². The van der Waals surface area contributed by atoms with Crippen molar-refractivity contribution in [2.45, 2.75) is 38.3 Å². The first-order valence-corrected chi connectivity index (χ1v) is 6.27. The Hall–Kier alpha value is -0.160. The molecular weight excluding hydrogens is 204 g/mol. The van der Waals surface area contributed by atoms with Gasteiger partial charge in [0.25, 0.3) is 0 Å². The molecule has 4 heteroatoms. The highest BCUT2D eigenvalue weighted by atomic mass is 16.5. The molecule has 0 aromatic rings. The molecule has 1 fully saturated rings. The number of hydrogen-bond donors (Lipinski definition) is 2. The molecule has 2 unspecified atom stereocenters. The Morgan fingerprint density at radius 1 is 1.56 bits per heavy atom. The van der Waals surface area contributed by atoms with Crippen molar-refractivity contribution in [2.75, 3.05) is 39.9 Å². The topological polar surface area (TPSA) is 44.7 Å². The third-order valence-corrected chi connectivity index (χ3v) is 3.61. The molecule has 0 bridgehead atoms. The molecule has 2 N–H and O–H groups in total. The lowest BCUT2D eigenvalue weighted by atomic mass is 9.99. The van der Waals surface area contributed by atoms with Crippen LogP contribution in [0.25, 0.3) is 0 Å². The lowest BCUT2D eigenvalue weighted by Crippen LogP contribution is -2.49. The molecule has 16 heavy (non-hydrogen) atoms. The van der Waals surface area contributed by atoms with E-state index in [1.54, 1.807) is 0 Å². The van der Waals surface area contributed by atoms with Crippen LogP contribution in [0.3, 0.4) is 0 Å². The fourth-order valence-electron chi connectivity index (χ4n) is 1.92. The van der Waals surface area contributed by atoms with E-state index >= 15 is 0 Å². The summed E-state index contributed by atoms with van der Waals surface area (Å²) in [4.78, 5) is 2.43. The van der Waals surface area contributed by atoms with Crippen molar-refractivity contribution in [3.8, 4) is 0 Å². The van der Waals surface area contributed by atoms with E-state index in [1.165, 1.54) is 0 Å². The van der Waals surface area contributed by atoms with Gasteiger partial charge in [0.15, 0.2) is 0 Å². The maximum atomic E-state index is 9.31. The van der Waals surface area contributed by atoms with Crippen molar-refractivity contribution in [1.82, 2.24) is 10.2 Å². The minimum atomic E-state index is -0.153. The lowest BCUT2D eigenvalue weighted by molar-refractivity contribution is -0.0324. The predicted molar refractivity (Wildman–Crippen MR) is 65.6 cm³/mol. The summed E-state index contributed by atoms with van der Waals surface area (Å²) in [6, 6.07) is 0. The van der Waals surface area contributed by atoms with Gasteiger partial charge in [-0.1, -0.05) is 6.92 Å². The maximum absolute atomic E-state index is 9.31. The molecule has 4 nitrogen and oxygen atoms in total. The van der Waals surface area contributed by atoms with Crippen molar-refractivity contribution < 1.29 is 9.84 Å². The average Bonchev–Trinajstić information content (AvgIpc) is 2.36. The third kappa shape index (κ3) is 4.01. The molecule has 2 atom stereocenters. The SMILES string of the molecule is CCC1CN(CCC(C)(CO)NC)CCO1. The zero-order chi connectivity index (χ0) is 12.0. The molecule has 0 aliphatic carbocycles. The van der Waals surface area contributed by atoms with E-state index in [0.29, 0.717) is 6.10 Å². The predicted octanol–water partition coefficient (Wildman–Crippen LogP) is 0.458. The first kappa shape index (κ1) is 13.9. The Kier molecular flexibility index (Phi) is 5.69. The molecule has 0 aromatic heterocycles. The van der Waals surface area contributed by atoms with Crippen LogP contribution in [-0.2, 0) is 4.74 Å². The summed E-state index contributed by atoms with van der Waals surface area (Å²) in [5.74, 6) is 0. The maximum Gasteiger partial charge on any atom is 0.0700 e. The number of aliphatic hydroxyl groups excluding tert-OH is 1. The van der Waals surface area contributed by atoms with Crippen molar-refractivity contribution >= 4 is 0 Å². The summed E-state index contributed by atoms with van der Waals surface area (Å²) in [6.07, 6.45) is 2.44. The average molecular weight is 230 g/mol. The fourth-order valence-corrected chi connectivity index (χ4v) is 1.92. The van der Waals surface area contributed by atoms with E-state index in [-0.39, 0.29) is 12.1 Å². The molecular formula is C12H26N2O2. The van der Waals surface area contributed by atoms with Gasteiger partial charge in [-0.25, -0.2) is 0 Å². The second-order valence-electron chi connectivity index (χ2n) is 4.92. The van der Waals surface area contributed by atoms with E-state index < -0.39 is 0 Å². The van der Waals surface area contributed by atoms with Crippen LogP contribution in [0.5, 0.6) is 0 Å². The van der Waals surface area contributed by atoms with Crippen LogP contribution in [0, 0.1) is 0 Å². The molecule has 1 saturated heterocycles. The standard InChI is InChI=1S/C12H26N2O2/c1-4-11-9-14(7-8-16-11)6-5-12(2,10-15)13-3/h11,13,15H,4-10H2,1-3H3. The second-order valence-corrected chi connectivity index (χ2v) is 4.92. The number of nitrogens with one attached hydrogen (secondary N) is 1. The number of hydrogen-bond acceptors (Lipinski definition) is 4. The Morgan fingerprint density at radius 2 is 2.31 bits per heavy atom. The van der Waals surface area contributed by atoms with E-state index in [1.807, 2.05) is 7.05 Å². The molecule has 0 amide bonds. The first-order chi connectivity index (χ1) is 7.63. The van der Waals surface area contributed by atoms with Crippen LogP contribution in [0.4, 0.5) is 0 Å². The summed E-state index contributed by atoms with van der Waals surface area (Å²) in [6.45, 7) is 8.32. The van der Waals surface area contributed by atoms with Gasteiger partial charge < -0.3 is 15.2 Å². The minimum Gasteiger partial charge on any atom is -0.394 e. The van der Waals surface area contributed by atoms with E-state index in [2.05, 4.69) is 24.1 Å². The van der Waals surface area contributed by atoms with Crippen molar-refractivity contribution in [3.05, 3.63) is 0 Å². The third-order valence-electron chi connectivity index (χ3n) is 3.61. The summed E-state index contributed by atoms with van der Waals surface area (Å²) in [5, 5.41) is 12.5. The Balaban J connectivity index is 2.31. The van der Waals surface area contributed by atoms with Crippen LogP contribution < -0.4 is 5.32 Å². The number of nitrogens with zero attached hydrogens (tertiary/aromatic N) is 1. The monoisotopic (exact) mass is 230 g/mol. The van der Waals surface area contributed by atoms with Crippen molar-refractivity contribution in [2.24, 2.45) is 0 Å². The van der Waals surface area contributed by atoms with E-state index in [9.17, 15) is 5.11 Å². The lowest BCUT2D eigenvalue weighted by Gasteiger charge is -2.35. The zero-order valence-electron chi connectivity index (χ0n) is 10.8. The fraction of sp³-hybridized carbons (Fsp3) is 1.00. The Labute approximate surface area is 99.0 Å². The summed E-state index contributed by atoms with van der Waals surface area (Å²) < 4.78 is 5.64. The molecule has 1 rings (SSSR count). The highest BCUT2D eigenvalue weighted by Gasteiger charge is 2.24. The molecule has 0 saturated carbocycles. The zero-order valence-corrected chi connectivity index (χ0v) is 10.8. The van der Waals surface area contributed by atoms with Crippen molar-refractivity contribution in [1.29, 1.82) is 0 Å². The number of aliphatic hydroxyl groups is 1. The first-order valence-electron chi connectivity index (χ1n) is 6.27. The smallest absolute Gasteiger partial charge is 0.0700 e. The molecule has 1 aliphatic rings. The van der Waals surface area contributed by atoms with Gasteiger partial charge in [0, 0.05) is 25.2 Å². The van der Waals surface area contributed by atoms with Gasteiger partial charge in [0.2, 0.25) is 0 Å². The summed E-state index contributed by atoms with van der Waals surface area (Å²) in [7, 11) is 1.91. The number of rotatable bonds is 6. The molecule has 96 valence electrons. The number of likely N-dealkylation sites (N-methyl/N-ethyl adjacent to an activating group) is 1. The van der Waals surface area contributed by atoms with Crippen LogP contribution >= 0.6 is 0 Å². The van der Waals surface area contributed by atoms with Gasteiger partial charge in [-0.3, -0.25) is 4.90 Å². The van der Waals surface area contributed by atoms with Gasteiger partial charge in [-0.05, 0) is 26.8 Å². The number of morpholine rings is 1. The second kappa shape index (κ2) is 6.55. The van der Waals surface area contributed by atoms with Crippen LogP contribution in [0.2, 0.25) is 0 Å². The van der Waals surface area contributed by atoms with Gasteiger partial charge in [0.05, 0.1) is 19.3 Å². The van der Waals surface area contributed by atoms with Gasteiger partial charge in [0.1, 0.15) is 0 Å². The molecule has 1 aliphatic heterocycles. The normalized spacial score (nSPS) is 26.6. The molecule has 1 heterocycles. The molecule has 0 aromatic carbocycles. The Morgan fingerprint density at radius 3 is 2.88 bits per heavy atom. The van der Waals surface area contributed by atoms with Crippen LogP contribution in [0.15, 0.2) is 0 Å². The Bertz CT molecular complexity index is 195. The largest absolute Gasteiger partial charge is 0.394 e. The van der Waals surface area contributed by atoms with E-state index in [4.69, 9.17) is 4.74 Å². The van der Waals surface area contributed by atoms with Crippen molar-refractivity contribution in [3.63, 3.8) is 0 Å². The quantitative estimate of drug-likeness (QED) is 0.696. The van der Waals surface area contributed by atoms with Crippen LogP contribution in [-0.4, -0.2) is 61.5 Å². The van der Waals surface area contributed by atoms with Gasteiger partial charge in [-0.15, -0.1) is 0 Å². The minimum absolute atomic E-state index is 0.153. The molecule has 0 spiro atoms.